The Kier molecular flexibility index (Phi) is 15.9. The molecule has 0 rings (SSSR count). The minimum absolute atomic E-state index is 0.0667. The first-order valence-electron chi connectivity index (χ1n) is 12.3. The number of hydrogen-bond acceptors (Lipinski definition) is 7. The van der Waals surface area contributed by atoms with Gasteiger partial charge in [-0.1, -0.05) is 62.0 Å². The van der Waals surface area contributed by atoms with E-state index in [1.165, 1.54) is 12.2 Å². The van der Waals surface area contributed by atoms with Crippen LogP contribution in [0.15, 0.2) is 59.3 Å². The first-order chi connectivity index (χ1) is 17.1. The zero-order valence-electron chi connectivity index (χ0n) is 22.5. The predicted octanol–water partition coefficient (Wildman–Crippen LogP) is 2.60. The number of aliphatic hydroxyl groups is 5. The summed E-state index contributed by atoms with van der Waals surface area (Å²) in [5.74, 6) is -4.03. The summed E-state index contributed by atoms with van der Waals surface area (Å²) in [5.41, 5.74) is 2.08. The van der Waals surface area contributed by atoms with Crippen molar-refractivity contribution in [3.05, 3.63) is 59.3 Å². The highest BCUT2D eigenvalue weighted by atomic mass is 16.4. The third-order valence-corrected chi connectivity index (χ3v) is 6.20. The van der Waals surface area contributed by atoms with Gasteiger partial charge in [0.15, 0.2) is 6.10 Å². The van der Waals surface area contributed by atoms with Gasteiger partial charge >= 0.3 is 11.9 Å². The zero-order chi connectivity index (χ0) is 28.9. The molecule has 0 aliphatic rings. The lowest BCUT2D eigenvalue weighted by atomic mass is 9.89. The second kappa shape index (κ2) is 17.0. The average Bonchev–Trinajstić information content (AvgIpc) is 2.84. The lowest BCUT2D eigenvalue weighted by Gasteiger charge is -2.22. The summed E-state index contributed by atoms with van der Waals surface area (Å²) in [4.78, 5) is 22.2. The number of hydrogen-bond donors (Lipinski definition) is 7. The smallest absolute Gasteiger partial charge is 0.335 e. The summed E-state index contributed by atoms with van der Waals surface area (Å²) < 4.78 is 0. The van der Waals surface area contributed by atoms with Crippen LogP contribution in [0.4, 0.5) is 0 Å². The third kappa shape index (κ3) is 13.0. The maximum Gasteiger partial charge on any atom is 0.335 e. The van der Waals surface area contributed by atoms with Gasteiger partial charge in [-0.3, -0.25) is 4.79 Å². The Balaban J connectivity index is 5.15. The number of aliphatic carboxylic acids is 2. The Hall–Kier alpha value is -2.56. The van der Waals surface area contributed by atoms with Gasteiger partial charge in [0.25, 0.3) is 0 Å². The van der Waals surface area contributed by atoms with Crippen molar-refractivity contribution in [2.24, 2.45) is 17.8 Å². The summed E-state index contributed by atoms with van der Waals surface area (Å²) in [5, 5.41) is 68.3. The fourth-order valence-corrected chi connectivity index (χ4v) is 3.63. The van der Waals surface area contributed by atoms with Crippen LogP contribution in [0.1, 0.15) is 54.4 Å². The molecular formula is C28H44O9. The lowest BCUT2D eigenvalue weighted by molar-refractivity contribution is -0.151. The molecule has 0 saturated carbocycles. The van der Waals surface area contributed by atoms with Crippen LogP contribution in [0.25, 0.3) is 0 Å². The predicted molar refractivity (Wildman–Crippen MR) is 142 cm³/mol. The number of aliphatic hydroxyl groups excluding tert-OH is 5. The SMILES string of the molecule is C/C=C(\C)C[C@@H](/C=C(\C)[C@H](O)[C@@H](C)/C=C(\C)[C@H](O)[C@@H](C)/C=C/[C@H](O)C/C=C/[C@H](O)[C@H](O)C(=O)O)C(=O)O. The van der Waals surface area contributed by atoms with E-state index in [2.05, 4.69) is 0 Å². The summed E-state index contributed by atoms with van der Waals surface area (Å²) >= 11 is 0. The van der Waals surface area contributed by atoms with Gasteiger partial charge in [-0.15, -0.1) is 0 Å². The Morgan fingerprint density at radius 2 is 1.27 bits per heavy atom. The van der Waals surface area contributed by atoms with Crippen LogP contribution in [-0.4, -0.2) is 78.2 Å². The highest BCUT2D eigenvalue weighted by Crippen LogP contribution is 2.23. The zero-order valence-corrected chi connectivity index (χ0v) is 22.5. The summed E-state index contributed by atoms with van der Waals surface area (Å²) in [7, 11) is 0. The van der Waals surface area contributed by atoms with Crippen molar-refractivity contribution in [2.75, 3.05) is 0 Å². The molecule has 8 atom stereocenters. The minimum atomic E-state index is -1.95. The monoisotopic (exact) mass is 524 g/mol. The highest BCUT2D eigenvalue weighted by molar-refractivity contribution is 5.73. The Labute approximate surface area is 219 Å². The maximum atomic E-state index is 11.6. The number of carboxylic acids is 2. The van der Waals surface area contributed by atoms with Gasteiger partial charge in [0.2, 0.25) is 0 Å². The number of carboxylic acid groups (broad SMARTS) is 2. The van der Waals surface area contributed by atoms with Gasteiger partial charge in [-0.05, 0) is 51.7 Å². The van der Waals surface area contributed by atoms with Crippen molar-refractivity contribution in [1.29, 1.82) is 0 Å². The molecule has 0 radical (unpaired) electrons. The topological polar surface area (TPSA) is 176 Å². The standard InChI is InChI=1S/C28H44O9/c1-7-16(2)13-21(27(34)35)15-20(6)25(32)19(5)14-18(4)24(31)17(3)11-12-22(29)9-8-10-23(30)26(33)28(36)37/h7-8,10-12,14-15,17,19,21-26,29-33H,9,13H2,1-6H3,(H,34,35)(H,36,37)/b10-8+,12-11+,16-7+,18-14+,20-15+/t17-,19-,21-,22+,23-,24+,25+,26-/m0/s1. The van der Waals surface area contributed by atoms with Crippen molar-refractivity contribution in [2.45, 2.75) is 84.9 Å². The Morgan fingerprint density at radius 1 is 0.730 bits per heavy atom. The molecule has 9 nitrogen and oxygen atoms in total. The summed E-state index contributed by atoms with van der Waals surface area (Å²) in [6, 6.07) is 0. The second-order valence-corrected chi connectivity index (χ2v) is 9.60. The number of allylic oxidation sites excluding steroid dienone is 2. The molecule has 7 N–H and O–H groups in total. The first kappa shape index (κ1) is 34.4. The Morgan fingerprint density at radius 3 is 1.78 bits per heavy atom. The van der Waals surface area contributed by atoms with Crippen molar-refractivity contribution in [1.82, 2.24) is 0 Å². The Bertz CT molecular complexity index is 884. The van der Waals surface area contributed by atoms with Crippen LogP contribution in [0.3, 0.4) is 0 Å². The molecule has 0 aromatic carbocycles. The van der Waals surface area contributed by atoms with Crippen LogP contribution in [0, 0.1) is 17.8 Å². The van der Waals surface area contributed by atoms with Gasteiger partial charge in [0, 0.05) is 11.8 Å². The number of rotatable bonds is 16. The molecule has 0 amide bonds. The molecule has 9 heteroatoms. The van der Waals surface area contributed by atoms with Crippen molar-refractivity contribution in [3.8, 4) is 0 Å². The van der Waals surface area contributed by atoms with Crippen LogP contribution in [0.5, 0.6) is 0 Å². The normalized spacial score (nSPS) is 20.4. The fraction of sp³-hybridized carbons (Fsp3) is 0.571. The van der Waals surface area contributed by atoms with Crippen LogP contribution in [-0.2, 0) is 9.59 Å². The molecule has 0 saturated heterocycles. The fourth-order valence-electron chi connectivity index (χ4n) is 3.63. The molecule has 37 heavy (non-hydrogen) atoms. The van der Waals surface area contributed by atoms with E-state index < -0.39 is 48.4 Å². The van der Waals surface area contributed by atoms with Gasteiger partial charge in [-0.2, -0.15) is 0 Å². The lowest BCUT2D eigenvalue weighted by Crippen LogP contribution is -2.32. The maximum absolute atomic E-state index is 11.6. The molecule has 0 spiro atoms. The average molecular weight is 525 g/mol. The molecule has 210 valence electrons. The molecule has 0 aliphatic carbocycles. The van der Waals surface area contributed by atoms with Crippen molar-refractivity contribution >= 4 is 11.9 Å². The van der Waals surface area contributed by atoms with E-state index in [1.807, 2.05) is 19.9 Å². The van der Waals surface area contributed by atoms with Gasteiger partial charge < -0.3 is 35.7 Å². The molecule has 0 aromatic heterocycles. The molecule has 0 aromatic rings. The van der Waals surface area contributed by atoms with Gasteiger partial charge in [0.05, 0.1) is 24.2 Å². The quantitative estimate of drug-likeness (QED) is 0.150. The molecule has 0 heterocycles. The molecule has 0 fully saturated rings. The first-order valence-corrected chi connectivity index (χ1v) is 12.3. The van der Waals surface area contributed by atoms with Gasteiger partial charge in [0.1, 0.15) is 6.10 Å². The van der Waals surface area contributed by atoms with E-state index in [0.717, 1.165) is 11.6 Å². The van der Waals surface area contributed by atoms with Gasteiger partial charge in [-0.25, -0.2) is 4.79 Å². The van der Waals surface area contributed by atoms with E-state index in [-0.39, 0.29) is 18.3 Å². The van der Waals surface area contributed by atoms with Crippen LogP contribution >= 0.6 is 0 Å². The molecule has 0 aliphatic heterocycles. The van der Waals surface area contributed by atoms with E-state index in [9.17, 15) is 40.2 Å². The van der Waals surface area contributed by atoms with Crippen LogP contribution < -0.4 is 0 Å². The summed E-state index contributed by atoms with van der Waals surface area (Å²) in [6.45, 7) is 10.6. The van der Waals surface area contributed by atoms with E-state index in [1.54, 1.807) is 45.9 Å². The molecular weight excluding hydrogens is 480 g/mol. The van der Waals surface area contributed by atoms with Crippen molar-refractivity contribution < 1.29 is 45.3 Å². The van der Waals surface area contributed by atoms with E-state index in [0.29, 0.717) is 17.6 Å². The van der Waals surface area contributed by atoms with Crippen molar-refractivity contribution in [3.63, 3.8) is 0 Å². The largest absolute Gasteiger partial charge is 0.481 e. The highest BCUT2D eigenvalue weighted by Gasteiger charge is 2.22. The van der Waals surface area contributed by atoms with Crippen LogP contribution in [0.2, 0.25) is 0 Å². The second-order valence-electron chi connectivity index (χ2n) is 9.60. The summed E-state index contributed by atoms with van der Waals surface area (Å²) in [6.07, 6.45) is 4.80. The minimum Gasteiger partial charge on any atom is -0.481 e. The van der Waals surface area contributed by atoms with E-state index >= 15 is 0 Å². The van der Waals surface area contributed by atoms with E-state index in [4.69, 9.17) is 5.11 Å². The molecule has 0 bridgehead atoms. The third-order valence-electron chi connectivity index (χ3n) is 6.20. The molecule has 0 unspecified atom stereocenters. The number of carbonyl (C=O) groups is 2.